The highest BCUT2D eigenvalue weighted by molar-refractivity contribution is 6.00. The normalized spacial score (nSPS) is 34.7. The number of rotatable bonds is 0. The molecule has 0 aromatic carbocycles. The summed E-state index contributed by atoms with van der Waals surface area (Å²) in [5, 5.41) is 7.18. The van der Waals surface area contributed by atoms with Crippen molar-refractivity contribution in [3.05, 3.63) is 11.3 Å². The number of carbonyl (C=O) groups excluding carboxylic acids is 1. The fourth-order valence-electron chi connectivity index (χ4n) is 2.13. The number of hydrogen-bond acceptors (Lipinski definition) is 5. The molecule has 2 N–H and O–H groups in total. The lowest BCUT2D eigenvalue weighted by molar-refractivity contribution is -0.121. The third-order valence-corrected chi connectivity index (χ3v) is 2.80. The van der Waals surface area contributed by atoms with E-state index in [0.29, 0.717) is 13.0 Å². The van der Waals surface area contributed by atoms with Gasteiger partial charge in [0.25, 0.3) is 0 Å². The second-order valence-electron chi connectivity index (χ2n) is 3.67. The zero-order chi connectivity index (χ0) is 9.54. The van der Waals surface area contributed by atoms with E-state index in [0.717, 1.165) is 17.9 Å². The summed E-state index contributed by atoms with van der Waals surface area (Å²) in [6, 6.07) is -0.199. The zero-order valence-corrected chi connectivity index (χ0v) is 7.62. The van der Waals surface area contributed by atoms with Gasteiger partial charge in [0, 0.05) is 18.5 Å². The summed E-state index contributed by atoms with van der Waals surface area (Å²) in [6.07, 6.45) is 2.19. The molecule has 2 aliphatic heterocycles. The Balaban J connectivity index is 2.04. The van der Waals surface area contributed by atoms with Crippen molar-refractivity contribution in [2.24, 2.45) is 5.10 Å². The predicted octanol–water partition coefficient (Wildman–Crippen LogP) is -0.841. The van der Waals surface area contributed by atoms with E-state index in [2.05, 4.69) is 15.8 Å². The molecule has 0 saturated carbocycles. The summed E-state index contributed by atoms with van der Waals surface area (Å²) in [5.74, 6) is 1.08. The highest BCUT2D eigenvalue weighted by atomic mass is 16.5. The van der Waals surface area contributed by atoms with Crippen LogP contribution in [-0.4, -0.2) is 37.2 Å². The molecule has 0 spiro atoms. The maximum Gasteiger partial charge on any atom is 0.163 e. The Kier molecular flexibility index (Phi) is 1.61. The number of nitrogens with zero attached hydrogens (tertiary/aromatic N) is 1. The van der Waals surface area contributed by atoms with Gasteiger partial charge >= 0.3 is 0 Å². The van der Waals surface area contributed by atoms with Gasteiger partial charge in [0.05, 0.1) is 12.3 Å². The SMILES string of the molecule is O=C1CC2NCCOC2=C2C=NNC12. The third-order valence-electron chi connectivity index (χ3n) is 2.80. The van der Waals surface area contributed by atoms with Crippen LogP contribution in [0.3, 0.4) is 0 Å². The lowest BCUT2D eigenvalue weighted by Crippen LogP contribution is -2.49. The Morgan fingerprint density at radius 2 is 2.50 bits per heavy atom. The van der Waals surface area contributed by atoms with Crippen LogP contribution in [0.5, 0.6) is 0 Å². The van der Waals surface area contributed by atoms with Crippen molar-refractivity contribution in [3.8, 4) is 0 Å². The van der Waals surface area contributed by atoms with Crippen LogP contribution in [0.2, 0.25) is 0 Å². The van der Waals surface area contributed by atoms with E-state index >= 15 is 0 Å². The predicted molar refractivity (Wildman–Crippen MR) is 49.8 cm³/mol. The Hall–Kier alpha value is -1.36. The van der Waals surface area contributed by atoms with Crippen molar-refractivity contribution in [1.29, 1.82) is 0 Å². The van der Waals surface area contributed by atoms with Crippen molar-refractivity contribution < 1.29 is 9.53 Å². The third kappa shape index (κ3) is 0.988. The molecule has 1 saturated heterocycles. The summed E-state index contributed by atoms with van der Waals surface area (Å²) >= 11 is 0. The number of fused-ring (bicyclic) bond motifs is 2. The molecule has 2 heterocycles. The first-order valence-corrected chi connectivity index (χ1v) is 4.78. The zero-order valence-electron chi connectivity index (χ0n) is 7.62. The quantitative estimate of drug-likeness (QED) is 0.526. The van der Waals surface area contributed by atoms with E-state index in [1.54, 1.807) is 6.21 Å². The van der Waals surface area contributed by atoms with Gasteiger partial charge in [0.1, 0.15) is 18.4 Å². The van der Waals surface area contributed by atoms with E-state index in [-0.39, 0.29) is 17.9 Å². The maximum atomic E-state index is 11.7. The van der Waals surface area contributed by atoms with Crippen LogP contribution in [-0.2, 0) is 9.53 Å². The summed E-state index contributed by atoms with van der Waals surface area (Å²) in [4.78, 5) is 11.7. The number of carbonyl (C=O) groups is 1. The van der Waals surface area contributed by atoms with Gasteiger partial charge < -0.3 is 10.1 Å². The van der Waals surface area contributed by atoms with Crippen molar-refractivity contribution >= 4 is 12.0 Å². The molecule has 5 nitrogen and oxygen atoms in total. The largest absolute Gasteiger partial charge is 0.494 e. The van der Waals surface area contributed by atoms with Crippen LogP contribution in [0, 0.1) is 0 Å². The first-order chi connectivity index (χ1) is 6.86. The molecule has 0 aromatic rings. The van der Waals surface area contributed by atoms with Crippen molar-refractivity contribution in [1.82, 2.24) is 10.7 Å². The minimum atomic E-state index is -0.263. The topological polar surface area (TPSA) is 62.7 Å². The fraction of sp³-hybridized carbons (Fsp3) is 0.556. The highest BCUT2D eigenvalue weighted by Gasteiger charge is 2.39. The van der Waals surface area contributed by atoms with Gasteiger partial charge in [-0.2, -0.15) is 5.10 Å². The Morgan fingerprint density at radius 3 is 3.43 bits per heavy atom. The van der Waals surface area contributed by atoms with Gasteiger partial charge in [-0.1, -0.05) is 0 Å². The molecule has 74 valence electrons. The number of hydrazone groups is 1. The van der Waals surface area contributed by atoms with Gasteiger partial charge in [0.15, 0.2) is 5.78 Å². The molecule has 5 heteroatoms. The molecular formula is C9H11N3O2. The number of morpholine rings is 1. The van der Waals surface area contributed by atoms with Crippen molar-refractivity contribution in [2.75, 3.05) is 13.2 Å². The summed E-state index contributed by atoms with van der Waals surface area (Å²) in [7, 11) is 0. The Labute approximate surface area is 81.2 Å². The van der Waals surface area contributed by atoms with Gasteiger partial charge in [-0.05, 0) is 0 Å². The Bertz CT molecular complexity index is 348. The molecule has 3 rings (SSSR count). The van der Waals surface area contributed by atoms with Gasteiger partial charge in [-0.3, -0.25) is 10.2 Å². The van der Waals surface area contributed by atoms with E-state index in [4.69, 9.17) is 4.74 Å². The summed E-state index contributed by atoms with van der Waals surface area (Å²) < 4.78 is 5.58. The molecular weight excluding hydrogens is 182 g/mol. The molecule has 2 unspecified atom stereocenters. The average molecular weight is 193 g/mol. The molecule has 1 fully saturated rings. The van der Waals surface area contributed by atoms with Crippen LogP contribution in [0.4, 0.5) is 0 Å². The van der Waals surface area contributed by atoms with Crippen LogP contribution in [0.25, 0.3) is 0 Å². The molecule has 14 heavy (non-hydrogen) atoms. The molecule has 0 bridgehead atoms. The standard InChI is InChI=1S/C9H11N3O2/c13-7-3-6-9(14-2-1-10-6)5-4-11-12-8(5)7/h4,6,8,10,12H,1-3H2. The van der Waals surface area contributed by atoms with Gasteiger partial charge in [-0.15, -0.1) is 0 Å². The second kappa shape index (κ2) is 2.81. The van der Waals surface area contributed by atoms with Crippen molar-refractivity contribution in [3.63, 3.8) is 0 Å². The number of ether oxygens (including phenoxy) is 1. The van der Waals surface area contributed by atoms with Crippen LogP contribution in [0.15, 0.2) is 16.4 Å². The van der Waals surface area contributed by atoms with E-state index < -0.39 is 0 Å². The van der Waals surface area contributed by atoms with Crippen LogP contribution in [0.1, 0.15) is 6.42 Å². The number of hydrogen-bond donors (Lipinski definition) is 2. The first kappa shape index (κ1) is 7.99. The molecule has 3 aliphatic rings. The van der Waals surface area contributed by atoms with E-state index in [1.807, 2.05) is 0 Å². The monoisotopic (exact) mass is 193 g/mol. The minimum absolute atomic E-state index is 0.0637. The smallest absolute Gasteiger partial charge is 0.163 e. The van der Waals surface area contributed by atoms with Gasteiger partial charge in [0.2, 0.25) is 0 Å². The second-order valence-corrected chi connectivity index (χ2v) is 3.67. The first-order valence-electron chi connectivity index (χ1n) is 4.78. The maximum absolute atomic E-state index is 11.7. The van der Waals surface area contributed by atoms with Crippen LogP contribution < -0.4 is 10.7 Å². The van der Waals surface area contributed by atoms with Crippen molar-refractivity contribution in [2.45, 2.75) is 18.5 Å². The molecule has 0 amide bonds. The summed E-state index contributed by atoms with van der Waals surface area (Å²) in [6.45, 7) is 1.48. The Morgan fingerprint density at radius 1 is 1.57 bits per heavy atom. The average Bonchev–Trinajstić information content (AvgIpc) is 2.67. The number of ketones is 1. The number of Topliss-reactive ketones (excluding diaryl/α,β-unsaturated/α-hetero) is 1. The molecule has 2 atom stereocenters. The molecule has 1 aliphatic carbocycles. The lowest BCUT2D eigenvalue weighted by atomic mass is 9.89. The van der Waals surface area contributed by atoms with Gasteiger partial charge in [-0.25, -0.2) is 0 Å². The molecule has 0 radical (unpaired) electrons. The minimum Gasteiger partial charge on any atom is -0.494 e. The molecule has 0 aromatic heterocycles. The van der Waals surface area contributed by atoms with E-state index in [1.165, 1.54) is 0 Å². The summed E-state index contributed by atoms with van der Waals surface area (Å²) in [5.41, 5.74) is 3.70. The number of nitrogens with one attached hydrogen (secondary N) is 2. The van der Waals surface area contributed by atoms with E-state index in [9.17, 15) is 4.79 Å². The highest BCUT2D eigenvalue weighted by Crippen LogP contribution is 2.27. The van der Waals surface area contributed by atoms with Crippen LogP contribution >= 0.6 is 0 Å². The lowest BCUT2D eigenvalue weighted by Gasteiger charge is -2.33. The fourth-order valence-corrected chi connectivity index (χ4v) is 2.13.